The third kappa shape index (κ3) is 3.99. The number of carbonyl (C=O) groups excluding carboxylic acids is 2. The van der Waals surface area contributed by atoms with Gasteiger partial charge in [0.1, 0.15) is 5.92 Å². The van der Waals surface area contributed by atoms with Crippen molar-refractivity contribution in [2.75, 3.05) is 18.8 Å². The van der Waals surface area contributed by atoms with Gasteiger partial charge in [-0.15, -0.1) is 0 Å². The van der Waals surface area contributed by atoms with Crippen LogP contribution in [-0.2, 0) is 9.59 Å². The molecule has 2 heterocycles. The zero-order valence-electron chi connectivity index (χ0n) is 15.1. The Morgan fingerprint density at radius 2 is 1.92 bits per heavy atom. The van der Waals surface area contributed by atoms with Gasteiger partial charge in [-0.05, 0) is 18.3 Å². The lowest BCUT2D eigenvalue weighted by molar-refractivity contribution is -0.131. The summed E-state index contributed by atoms with van der Waals surface area (Å²) in [6, 6.07) is 4.09. The maximum atomic E-state index is 12.5. The second-order valence-corrected chi connectivity index (χ2v) is 8.61. The number of nitrogens with one attached hydrogen (secondary N) is 1. The Labute approximate surface area is 153 Å². The topological polar surface area (TPSA) is 97.0 Å². The lowest BCUT2D eigenvalue weighted by Gasteiger charge is -2.36. The van der Waals surface area contributed by atoms with E-state index in [1.807, 2.05) is 11.0 Å². The molecular formula is C18H24N4O2S. The van der Waals surface area contributed by atoms with Crippen molar-refractivity contribution in [1.82, 2.24) is 10.2 Å². The number of nitrogens with zero attached hydrogens (tertiary/aromatic N) is 3. The monoisotopic (exact) mass is 360 g/mol. The van der Waals surface area contributed by atoms with Crippen LogP contribution in [0.15, 0.2) is 10.6 Å². The molecule has 2 aliphatic heterocycles. The van der Waals surface area contributed by atoms with Crippen molar-refractivity contribution in [3.8, 4) is 12.1 Å². The molecule has 134 valence electrons. The van der Waals surface area contributed by atoms with Crippen LogP contribution in [-0.4, -0.2) is 35.6 Å². The van der Waals surface area contributed by atoms with Crippen LogP contribution in [0.4, 0.5) is 0 Å². The Balaban J connectivity index is 2.12. The number of likely N-dealkylation sites (tertiary alicyclic amines) is 1. The van der Waals surface area contributed by atoms with Crippen LogP contribution >= 0.6 is 11.8 Å². The first kappa shape index (κ1) is 19.3. The fourth-order valence-electron chi connectivity index (χ4n) is 3.63. The van der Waals surface area contributed by atoms with Crippen molar-refractivity contribution in [2.45, 2.75) is 34.1 Å². The van der Waals surface area contributed by atoms with E-state index in [0.717, 1.165) is 19.5 Å². The molecule has 1 saturated heterocycles. The molecule has 3 atom stereocenters. The van der Waals surface area contributed by atoms with E-state index in [4.69, 9.17) is 0 Å². The van der Waals surface area contributed by atoms with Gasteiger partial charge in [0.05, 0.1) is 28.5 Å². The van der Waals surface area contributed by atoms with Gasteiger partial charge in [0.25, 0.3) is 0 Å². The molecule has 1 fully saturated rings. The number of rotatable bonds is 3. The summed E-state index contributed by atoms with van der Waals surface area (Å²) < 4.78 is 0. The lowest BCUT2D eigenvalue weighted by Crippen LogP contribution is -2.45. The minimum Gasteiger partial charge on any atom is -0.341 e. The minimum atomic E-state index is -0.911. The molecule has 0 saturated carbocycles. The number of hydrogen-bond donors (Lipinski definition) is 1. The van der Waals surface area contributed by atoms with Crippen molar-refractivity contribution in [3.63, 3.8) is 0 Å². The number of thioether (sulfide) groups is 1. The summed E-state index contributed by atoms with van der Waals surface area (Å²) in [5.74, 6) is -0.170. The molecule has 0 aromatic heterocycles. The number of piperidine rings is 1. The number of allylic oxidation sites excluding steroid dienone is 1. The third-order valence-corrected chi connectivity index (χ3v) is 5.88. The summed E-state index contributed by atoms with van der Waals surface area (Å²) in [4.78, 5) is 26.6. The number of nitriles is 2. The first-order valence-electron chi connectivity index (χ1n) is 8.46. The van der Waals surface area contributed by atoms with Gasteiger partial charge in [0.2, 0.25) is 11.8 Å². The second-order valence-electron chi connectivity index (χ2n) is 7.62. The average Bonchev–Trinajstić information content (AvgIpc) is 2.51. The number of amides is 2. The van der Waals surface area contributed by atoms with E-state index in [0.29, 0.717) is 22.4 Å². The van der Waals surface area contributed by atoms with Crippen LogP contribution in [0.3, 0.4) is 0 Å². The summed E-state index contributed by atoms with van der Waals surface area (Å²) in [5, 5.41) is 21.8. The molecule has 0 aliphatic carbocycles. The Morgan fingerprint density at radius 3 is 2.44 bits per heavy atom. The van der Waals surface area contributed by atoms with Crippen LogP contribution in [0.1, 0.15) is 34.1 Å². The molecule has 2 aliphatic rings. The Bertz CT molecular complexity index is 676. The number of hydrogen-bond acceptors (Lipinski definition) is 5. The highest BCUT2D eigenvalue weighted by Gasteiger charge is 2.44. The van der Waals surface area contributed by atoms with Gasteiger partial charge >= 0.3 is 0 Å². The SMILES string of the molecule is C[C@H]1C[C@H](C)CN(C(=O)CSC2=C(C#N)C(C)(C)[C@H](C#N)C(=O)N2)C1. The van der Waals surface area contributed by atoms with Gasteiger partial charge in [-0.2, -0.15) is 10.5 Å². The molecule has 0 unspecified atom stereocenters. The van der Waals surface area contributed by atoms with E-state index in [9.17, 15) is 20.1 Å². The summed E-state index contributed by atoms with van der Waals surface area (Å²) in [5.41, 5.74) is -0.511. The molecule has 0 aromatic carbocycles. The first-order valence-corrected chi connectivity index (χ1v) is 9.45. The largest absolute Gasteiger partial charge is 0.341 e. The molecular weight excluding hydrogens is 336 g/mol. The predicted octanol–water partition coefficient (Wildman–Crippen LogP) is 2.26. The lowest BCUT2D eigenvalue weighted by atomic mass is 9.72. The van der Waals surface area contributed by atoms with Crippen molar-refractivity contribution in [2.24, 2.45) is 23.2 Å². The zero-order chi connectivity index (χ0) is 18.8. The molecule has 6 nitrogen and oxygen atoms in total. The highest BCUT2D eigenvalue weighted by Crippen LogP contribution is 2.41. The van der Waals surface area contributed by atoms with Crippen LogP contribution in [0.5, 0.6) is 0 Å². The Morgan fingerprint density at radius 1 is 1.32 bits per heavy atom. The molecule has 25 heavy (non-hydrogen) atoms. The van der Waals surface area contributed by atoms with Gasteiger partial charge < -0.3 is 10.2 Å². The van der Waals surface area contributed by atoms with Crippen molar-refractivity contribution >= 4 is 23.6 Å². The first-order chi connectivity index (χ1) is 11.7. The molecule has 2 amide bonds. The van der Waals surface area contributed by atoms with Crippen molar-refractivity contribution in [1.29, 1.82) is 10.5 Å². The summed E-state index contributed by atoms with van der Waals surface area (Å²) in [6.07, 6.45) is 1.13. The van der Waals surface area contributed by atoms with E-state index >= 15 is 0 Å². The minimum absolute atomic E-state index is 0.0163. The zero-order valence-corrected chi connectivity index (χ0v) is 15.9. The van der Waals surface area contributed by atoms with E-state index in [1.165, 1.54) is 11.8 Å². The molecule has 2 rings (SSSR count). The summed E-state index contributed by atoms with van der Waals surface area (Å²) >= 11 is 1.18. The standard InChI is InChI=1S/C18H24N4O2S/c1-11-5-12(2)9-22(8-11)15(23)10-25-17-14(7-20)18(3,4)13(6-19)16(24)21-17/h11-13H,5,8-10H2,1-4H3,(H,21,24)/t11-,12-,13+/m0/s1. The molecule has 0 aromatic rings. The second kappa shape index (κ2) is 7.49. The summed E-state index contributed by atoms with van der Waals surface area (Å²) in [6.45, 7) is 9.23. The van der Waals surface area contributed by atoms with E-state index in [1.54, 1.807) is 13.8 Å². The number of carbonyl (C=O) groups is 2. The molecule has 0 radical (unpaired) electrons. The van der Waals surface area contributed by atoms with Crippen LogP contribution in [0.2, 0.25) is 0 Å². The normalized spacial score (nSPS) is 28.8. The molecule has 7 heteroatoms. The van der Waals surface area contributed by atoms with Gasteiger partial charge in [-0.3, -0.25) is 9.59 Å². The van der Waals surface area contributed by atoms with Gasteiger partial charge in [-0.25, -0.2) is 0 Å². The van der Waals surface area contributed by atoms with E-state index < -0.39 is 17.2 Å². The predicted molar refractivity (Wildman–Crippen MR) is 95.6 cm³/mol. The maximum absolute atomic E-state index is 12.5. The van der Waals surface area contributed by atoms with Crippen LogP contribution < -0.4 is 5.32 Å². The summed E-state index contributed by atoms with van der Waals surface area (Å²) in [7, 11) is 0. The van der Waals surface area contributed by atoms with Crippen LogP contribution in [0.25, 0.3) is 0 Å². The highest BCUT2D eigenvalue weighted by atomic mass is 32.2. The van der Waals surface area contributed by atoms with Crippen molar-refractivity contribution in [3.05, 3.63) is 10.6 Å². The van der Waals surface area contributed by atoms with Gasteiger partial charge in [0.15, 0.2) is 0 Å². The molecule has 0 spiro atoms. The Hall–Kier alpha value is -1.99. The Kier molecular flexibility index (Phi) is 5.80. The maximum Gasteiger partial charge on any atom is 0.243 e. The van der Waals surface area contributed by atoms with Crippen molar-refractivity contribution < 1.29 is 9.59 Å². The molecule has 0 bridgehead atoms. The van der Waals surface area contributed by atoms with E-state index in [-0.39, 0.29) is 11.7 Å². The fraction of sp³-hybridized carbons (Fsp3) is 0.667. The van der Waals surface area contributed by atoms with E-state index in [2.05, 4.69) is 25.2 Å². The van der Waals surface area contributed by atoms with Gasteiger partial charge in [-0.1, -0.05) is 39.5 Å². The quantitative estimate of drug-likeness (QED) is 0.832. The van der Waals surface area contributed by atoms with Gasteiger partial charge in [0, 0.05) is 18.5 Å². The third-order valence-electron chi connectivity index (χ3n) is 4.89. The average molecular weight is 360 g/mol. The fourth-order valence-corrected chi connectivity index (χ4v) is 4.70. The smallest absolute Gasteiger partial charge is 0.243 e. The van der Waals surface area contributed by atoms with Crippen LogP contribution in [0, 0.1) is 45.8 Å². The highest BCUT2D eigenvalue weighted by molar-refractivity contribution is 8.03. The molecule has 1 N–H and O–H groups in total.